The van der Waals surface area contributed by atoms with Gasteiger partial charge in [0.25, 0.3) is 5.91 Å². The van der Waals surface area contributed by atoms with Gasteiger partial charge in [-0.1, -0.05) is 6.07 Å². The molecule has 1 aliphatic heterocycles. The van der Waals surface area contributed by atoms with E-state index in [0.717, 1.165) is 17.4 Å². The number of fused-ring (bicyclic) bond motifs is 1. The molecule has 1 amide bonds. The van der Waals surface area contributed by atoms with Crippen molar-refractivity contribution in [3.63, 3.8) is 0 Å². The molecular formula is C21H23F3N6O2S. The zero-order valence-corrected chi connectivity index (χ0v) is 18.3. The van der Waals surface area contributed by atoms with Crippen molar-refractivity contribution in [3.8, 4) is 0 Å². The van der Waals surface area contributed by atoms with Crippen molar-refractivity contribution in [1.29, 1.82) is 0 Å². The van der Waals surface area contributed by atoms with Gasteiger partial charge in [0.15, 0.2) is 0 Å². The Morgan fingerprint density at radius 3 is 2.67 bits per heavy atom. The smallest absolute Gasteiger partial charge is 0.397 e. The van der Waals surface area contributed by atoms with E-state index in [1.807, 2.05) is 0 Å². The van der Waals surface area contributed by atoms with Crippen LogP contribution in [0.25, 0.3) is 10.2 Å². The maximum Gasteiger partial charge on any atom is 0.417 e. The molecule has 1 fully saturated rings. The van der Waals surface area contributed by atoms with E-state index in [1.54, 1.807) is 29.3 Å². The number of anilines is 2. The highest BCUT2D eigenvalue weighted by Crippen LogP contribution is 2.43. The number of piperidine rings is 1. The quantitative estimate of drug-likeness (QED) is 0.427. The van der Waals surface area contributed by atoms with Crippen LogP contribution < -0.4 is 21.7 Å². The summed E-state index contributed by atoms with van der Waals surface area (Å²) in [5.74, 6) is -0.705. The third-order valence-corrected chi connectivity index (χ3v) is 6.78. The lowest BCUT2D eigenvalue weighted by Crippen LogP contribution is -2.44. The van der Waals surface area contributed by atoms with Crippen molar-refractivity contribution >= 4 is 39.0 Å². The normalized spacial score (nSPS) is 16.3. The molecule has 0 aliphatic carbocycles. The Bertz CT molecular complexity index is 1150. The monoisotopic (exact) mass is 480 g/mol. The van der Waals surface area contributed by atoms with Crippen LogP contribution in [0, 0.1) is 0 Å². The van der Waals surface area contributed by atoms with Crippen LogP contribution >= 0.6 is 11.3 Å². The number of aliphatic hydroxyl groups excluding tert-OH is 1. The number of hydrogen-bond donors (Lipinski definition) is 4. The van der Waals surface area contributed by atoms with E-state index in [0.29, 0.717) is 38.2 Å². The maximum atomic E-state index is 13.8. The molecule has 3 aromatic heterocycles. The molecule has 0 unspecified atom stereocenters. The number of nitrogens with one attached hydrogen (secondary N) is 1. The third-order valence-electron chi connectivity index (χ3n) is 5.66. The third kappa shape index (κ3) is 4.87. The lowest BCUT2D eigenvalue weighted by Gasteiger charge is -2.34. The van der Waals surface area contributed by atoms with Gasteiger partial charge in [-0.05, 0) is 31.0 Å². The number of pyridine rings is 2. The molecule has 0 bridgehead atoms. The highest BCUT2D eigenvalue weighted by Gasteiger charge is 2.37. The van der Waals surface area contributed by atoms with Crippen LogP contribution in [-0.2, 0) is 6.18 Å². The minimum Gasteiger partial charge on any atom is -0.397 e. The van der Waals surface area contributed by atoms with E-state index in [2.05, 4.69) is 15.3 Å². The highest BCUT2D eigenvalue weighted by atomic mass is 32.1. The molecule has 33 heavy (non-hydrogen) atoms. The van der Waals surface area contributed by atoms with Gasteiger partial charge in [-0.2, -0.15) is 13.2 Å². The van der Waals surface area contributed by atoms with Crippen LogP contribution in [0.2, 0.25) is 0 Å². The number of nitrogens with zero attached hydrogens (tertiary/aromatic N) is 3. The molecule has 4 heterocycles. The molecule has 8 nitrogen and oxygen atoms in total. The minimum absolute atomic E-state index is 0.0323. The molecule has 1 atom stereocenters. The number of nitrogens with two attached hydrogens (primary N) is 2. The Balaban J connectivity index is 1.48. The van der Waals surface area contributed by atoms with Gasteiger partial charge in [0, 0.05) is 37.3 Å². The molecule has 1 aliphatic rings. The molecule has 12 heteroatoms. The molecule has 1 saturated heterocycles. The zero-order valence-electron chi connectivity index (χ0n) is 17.5. The summed E-state index contributed by atoms with van der Waals surface area (Å²) >= 11 is 0.767. The summed E-state index contributed by atoms with van der Waals surface area (Å²) in [6, 6.07) is 6.40. The Hall–Kier alpha value is -2.96. The molecule has 3 aromatic rings. The Morgan fingerprint density at radius 1 is 1.33 bits per heavy atom. The second-order valence-electron chi connectivity index (χ2n) is 7.86. The van der Waals surface area contributed by atoms with E-state index < -0.39 is 23.8 Å². The van der Waals surface area contributed by atoms with E-state index in [-0.39, 0.29) is 32.6 Å². The van der Waals surface area contributed by atoms with Crippen molar-refractivity contribution < 1.29 is 23.1 Å². The molecule has 0 radical (unpaired) electrons. The molecule has 4 rings (SSSR count). The molecule has 0 aromatic carbocycles. The standard InChI is InChI=1S/C21H23F3N6O2S/c22-21(23,24)12-9-15(29-20-16(12)17(25)18(33-20)19(26)32)30-7-4-11(5-8-30)28-10-14(31)13-3-1-2-6-27-13/h1-3,6,9,11,14,28,31H,4-5,7-8,10,25H2,(H2,26,32)/t14-/m1/s1. The number of aromatic nitrogens is 2. The number of amides is 1. The van der Waals surface area contributed by atoms with Crippen molar-refractivity contribution in [2.24, 2.45) is 5.73 Å². The van der Waals surface area contributed by atoms with Gasteiger partial charge < -0.3 is 26.8 Å². The first-order valence-electron chi connectivity index (χ1n) is 10.3. The Labute approximate surface area is 191 Å². The van der Waals surface area contributed by atoms with Crippen LogP contribution in [0.3, 0.4) is 0 Å². The predicted molar refractivity (Wildman–Crippen MR) is 120 cm³/mol. The van der Waals surface area contributed by atoms with Crippen LogP contribution in [0.1, 0.15) is 39.9 Å². The first-order chi connectivity index (χ1) is 15.6. The summed E-state index contributed by atoms with van der Waals surface area (Å²) in [4.78, 5) is 21.8. The SMILES string of the molecule is NC(=O)c1sc2nc(N3CCC(NC[C@@H](O)c4ccccn4)CC3)cc(C(F)(F)F)c2c1N. The fraction of sp³-hybridized carbons (Fsp3) is 0.381. The van der Waals surface area contributed by atoms with Gasteiger partial charge in [-0.3, -0.25) is 9.78 Å². The van der Waals surface area contributed by atoms with Crippen molar-refractivity contribution in [2.45, 2.75) is 31.2 Å². The second-order valence-corrected chi connectivity index (χ2v) is 8.85. The van der Waals surface area contributed by atoms with Crippen molar-refractivity contribution in [3.05, 3.63) is 46.6 Å². The largest absolute Gasteiger partial charge is 0.417 e. The van der Waals surface area contributed by atoms with E-state index in [1.165, 1.54) is 0 Å². The number of rotatable bonds is 6. The number of nitrogen functional groups attached to an aromatic ring is 1. The van der Waals surface area contributed by atoms with Gasteiger partial charge in [-0.15, -0.1) is 11.3 Å². The number of carbonyl (C=O) groups excluding carboxylic acids is 1. The van der Waals surface area contributed by atoms with Crippen LogP contribution in [0.5, 0.6) is 0 Å². The fourth-order valence-electron chi connectivity index (χ4n) is 3.95. The molecule has 0 saturated carbocycles. The molecule has 0 spiro atoms. The average Bonchev–Trinajstić information content (AvgIpc) is 3.14. The van der Waals surface area contributed by atoms with Gasteiger partial charge in [0.2, 0.25) is 0 Å². The maximum absolute atomic E-state index is 13.8. The number of thiophene rings is 1. The minimum atomic E-state index is -4.67. The first-order valence-corrected chi connectivity index (χ1v) is 11.1. The Morgan fingerprint density at radius 2 is 2.06 bits per heavy atom. The van der Waals surface area contributed by atoms with Crippen LogP contribution in [0.15, 0.2) is 30.5 Å². The fourth-order valence-corrected chi connectivity index (χ4v) is 4.91. The average molecular weight is 481 g/mol. The van der Waals surface area contributed by atoms with Crippen molar-refractivity contribution in [1.82, 2.24) is 15.3 Å². The summed E-state index contributed by atoms with van der Waals surface area (Å²) in [6.07, 6.45) is -2.47. The summed E-state index contributed by atoms with van der Waals surface area (Å²) in [6.45, 7) is 1.29. The summed E-state index contributed by atoms with van der Waals surface area (Å²) in [5, 5.41) is 13.3. The number of primary amides is 1. The van der Waals surface area contributed by atoms with E-state index in [4.69, 9.17) is 11.5 Å². The molecule has 176 valence electrons. The van der Waals surface area contributed by atoms with Gasteiger partial charge in [0.05, 0.1) is 16.9 Å². The number of halogens is 3. The number of alkyl halides is 3. The Kier molecular flexibility index (Phi) is 6.41. The predicted octanol–water partition coefficient (Wildman–Crippen LogP) is 2.68. The van der Waals surface area contributed by atoms with Crippen LogP contribution in [0.4, 0.5) is 24.7 Å². The molecular weight excluding hydrogens is 457 g/mol. The second kappa shape index (κ2) is 9.12. The lowest BCUT2D eigenvalue weighted by atomic mass is 10.0. The van der Waals surface area contributed by atoms with Gasteiger partial charge >= 0.3 is 6.18 Å². The number of carbonyl (C=O) groups is 1. The topological polar surface area (TPSA) is 130 Å². The summed E-state index contributed by atoms with van der Waals surface area (Å²) in [7, 11) is 0. The number of hydrogen-bond acceptors (Lipinski definition) is 8. The van der Waals surface area contributed by atoms with Gasteiger partial charge in [-0.25, -0.2) is 4.98 Å². The van der Waals surface area contributed by atoms with E-state index in [9.17, 15) is 23.1 Å². The zero-order chi connectivity index (χ0) is 23.8. The molecule has 6 N–H and O–H groups in total. The van der Waals surface area contributed by atoms with Crippen LogP contribution in [-0.4, -0.2) is 46.7 Å². The highest BCUT2D eigenvalue weighted by molar-refractivity contribution is 7.21. The van der Waals surface area contributed by atoms with Gasteiger partial charge in [0.1, 0.15) is 21.6 Å². The lowest BCUT2D eigenvalue weighted by molar-refractivity contribution is -0.136. The van der Waals surface area contributed by atoms with E-state index >= 15 is 0 Å². The van der Waals surface area contributed by atoms with Crippen molar-refractivity contribution in [2.75, 3.05) is 30.3 Å². The summed E-state index contributed by atoms with van der Waals surface area (Å²) in [5.41, 5.74) is 10.4. The summed E-state index contributed by atoms with van der Waals surface area (Å²) < 4.78 is 41.3. The number of aliphatic hydroxyl groups is 1. The first kappa shape index (κ1) is 23.2.